The van der Waals surface area contributed by atoms with Crippen molar-refractivity contribution < 1.29 is 9.47 Å². The molecule has 1 aliphatic rings. The lowest BCUT2D eigenvalue weighted by Crippen LogP contribution is -2.26. The first kappa shape index (κ1) is 20.7. The summed E-state index contributed by atoms with van der Waals surface area (Å²) in [5, 5.41) is 13.5. The highest BCUT2D eigenvalue weighted by Crippen LogP contribution is 2.37. The summed E-state index contributed by atoms with van der Waals surface area (Å²) in [5.41, 5.74) is 2.60. The van der Waals surface area contributed by atoms with Gasteiger partial charge in [0.1, 0.15) is 34.5 Å². The van der Waals surface area contributed by atoms with Gasteiger partial charge in [-0.15, -0.1) is 11.3 Å². The molecule has 3 aromatic heterocycles. The van der Waals surface area contributed by atoms with Gasteiger partial charge in [-0.05, 0) is 38.1 Å². The van der Waals surface area contributed by atoms with Crippen LogP contribution in [0.25, 0.3) is 21.5 Å². The number of aromatic nitrogens is 5. The van der Waals surface area contributed by atoms with Crippen molar-refractivity contribution >= 4 is 28.1 Å². The molecule has 1 atom stereocenters. The van der Waals surface area contributed by atoms with Gasteiger partial charge in [0.15, 0.2) is 0 Å². The summed E-state index contributed by atoms with van der Waals surface area (Å²) < 4.78 is 11.9. The molecule has 32 heavy (non-hydrogen) atoms. The van der Waals surface area contributed by atoms with Gasteiger partial charge in [-0.3, -0.25) is 0 Å². The summed E-state index contributed by atoms with van der Waals surface area (Å²) in [5.74, 6) is 1.47. The molecular weight excluding hydrogens is 424 g/mol. The molecule has 1 aromatic carbocycles. The van der Waals surface area contributed by atoms with Gasteiger partial charge >= 0.3 is 0 Å². The van der Waals surface area contributed by atoms with Crippen LogP contribution in [0, 0.1) is 6.92 Å². The summed E-state index contributed by atoms with van der Waals surface area (Å²) in [6.45, 7) is 5.52. The van der Waals surface area contributed by atoms with Crippen molar-refractivity contribution in [1.82, 2.24) is 25.1 Å². The molecule has 4 aromatic rings. The number of rotatable bonds is 6. The van der Waals surface area contributed by atoms with Crippen LogP contribution >= 0.6 is 11.3 Å². The maximum Gasteiger partial charge on any atom is 0.146 e. The quantitative estimate of drug-likeness (QED) is 0.458. The number of nitrogens with zero attached hydrogens (tertiary/aromatic N) is 5. The van der Waals surface area contributed by atoms with Gasteiger partial charge in [-0.2, -0.15) is 10.2 Å². The fourth-order valence-corrected chi connectivity index (χ4v) is 4.50. The number of ether oxygens (including phenoxy) is 2. The summed E-state index contributed by atoms with van der Waals surface area (Å²) in [4.78, 5) is 14.9. The van der Waals surface area contributed by atoms with Gasteiger partial charge in [0.05, 0.1) is 24.9 Å². The molecule has 8 nitrogen and oxygen atoms in total. The fourth-order valence-electron chi connectivity index (χ4n) is 3.75. The minimum Gasteiger partial charge on any atom is -0.488 e. The molecule has 0 bridgehead atoms. The van der Waals surface area contributed by atoms with E-state index in [1.165, 1.54) is 0 Å². The zero-order valence-electron chi connectivity index (χ0n) is 18.0. The number of fused-ring (bicyclic) bond motifs is 1. The number of anilines is 1. The summed E-state index contributed by atoms with van der Waals surface area (Å²) in [7, 11) is 0. The number of benzene rings is 1. The van der Waals surface area contributed by atoms with Crippen molar-refractivity contribution in [2.75, 3.05) is 18.5 Å². The van der Waals surface area contributed by atoms with Gasteiger partial charge in [-0.25, -0.2) is 15.0 Å². The largest absolute Gasteiger partial charge is 0.488 e. The standard InChI is InChI=1S/C23H24N6O2S/c1-14-12-24-23(32-14)16-10-18-21(20(11-16)31-17-5-8-30-9-6-17)25-13-26-22(18)28-15(2)19-4-3-7-27-29-19/h3-4,7,10-13,15,17H,5-6,8-9H2,1-2H3,(H,25,26,28)/t15-/m1/s1. The van der Waals surface area contributed by atoms with Crippen LogP contribution in [0.3, 0.4) is 0 Å². The highest BCUT2D eigenvalue weighted by Gasteiger charge is 2.20. The molecule has 1 fully saturated rings. The van der Waals surface area contributed by atoms with Crippen molar-refractivity contribution in [3.8, 4) is 16.3 Å². The topological polar surface area (TPSA) is 94.9 Å². The van der Waals surface area contributed by atoms with E-state index in [9.17, 15) is 0 Å². The number of aryl methyl sites for hydroxylation is 1. The van der Waals surface area contributed by atoms with Gasteiger partial charge in [0.2, 0.25) is 0 Å². The smallest absolute Gasteiger partial charge is 0.146 e. The van der Waals surface area contributed by atoms with E-state index >= 15 is 0 Å². The predicted octanol–water partition coefficient (Wildman–Crippen LogP) is 4.58. The van der Waals surface area contributed by atoms with E-state index in [-0.39, 0.29) is 12.1 Å². The molecule has 0 saturated carbocycles. The van der Waals surface area contributed by atoms with E-state index in [1.807, 2.05) is 31.3 Å². The van der Waals surface area contributed by atoms with E-state index in [4.69, 9.17) is 9.47 Å². The lowest BCUT2D eigenvalue weighted by atomic mass is 10.1. The molecule has 0 unspecified atom stereocenters. The molecule has 9 heteroatoms. The Kier molecular flexibility index (Phi) is 5.91. The summed E-state index contributed by atoms with van der Waals surface area (Å²) >= 11 is 1.65. The lowest BCUT2D eigenvalue weighted by Gasteiger charge is -2.24. The number of hydrogen-bond acceptors (Lipinski definition) is 9. The van der Waals surface area contributed by atoms with Crippen LogP contribution in [0.15, 0.2) is 43.0 Å². The molecule has 0 aliphatic carbocycles. The highest BCUT2D eigenvalue weighted by molar-refractivity contribution is 7.14. The lowest BCUT2D eigenvalue weighted by molar-refractivity contribution is 0.0261. The SMILES string of the molecule is Cc1cnc(-c2cc(OC3CCOCC3)c3ncnc(N[C@H](C)c4cccnn4)c3c2)s1. The molecule has 0 spiro atoms. The van der Waals surface area contributed by atoms with Gasteiger partial charge in [-0.1, -0.05) is 0 Å². The average Bonchev–Trinajstić information content (AvgIpc) is 3.27. The first-order valence-corrected chi connectivity index (χ1v) is 11.5. The number of nitrogens with one attached hydrogen (secondary N) is 1. The molecule has 1 aliphatic heterocycles. The van der Waals surface area contributed by atoms with Crippen molar-refractivity contribution in [3.63, 3.8) is 0 Å². The van der Waals surface area contributed by atoms with Crippen LogP contribution in [0.5, 0.6) is 5.75 Å². The Balaban J connectivity index is 1.57. The average molecular weight is 449 g/mol. The third-order valence-corrected chi connectivity index (χ3v) is 6.39. The highest BCUT2D eigenvalue weighted by atomic mass is 32.1. The van der Waals surface area contributed by atoms with E-state index in [2.05, 4.69) is 43.5 Å². The van der Waals surface area contributed by atoms with Crippen LogP contribution in [0.4, 0.5) is 5.82 Å². The first-order valence-electron chi connectivity index (χ1n) is 10.7. The van der Waals surface area contributed by atoms with E-state index in [1.54, 1.807) is 23.9 Å². The van der Waals surface area contributed by atoms with Crippen molar-refractivity contribution in [2.24, 2.45) is 0 Å². The number of thiazole rings is 1. The second-order valence-electron chi connectivity index (χ2n) is 7.81. The minimum atomic E-state index is -0.0765. The Morgan fingerprint density at radius 1 is 1.19 bits per heavy atom. The second-order valence-corrected chi connectivity index (χ2v) is 9.05. The van der Waals surface area contributed by atoms with E-state index < -0.39 is 0 Å². The zero-order chi connectivity index (χ0) is 21.9. The first-order chi connectivity index (χ1) is 15.7. The molecule has 0 radical (unpaired) electrons. The molecular formula is C23H24N6O2S. The Morgan fingerprint density at radius 2 is 2.06 bits per heavy atom. The van der Waals surface area contributed by atoms with Crippen molar-refractivity contribution in [2.45, 2.75) is 38.8 Å². The van der Waals surface area contributed by atoms with E-state index in [0.717, 1.165) is 56.5 Å². The van der Waals surface area contributed by atoms with Gasteiger partial charge in [0.25, 0.3) is 0 Å². The van der Waals surface area contributed by atoms with Crippen molar-refractivity contribution in [3.05, 3.63) is 53.6 Å². The normalized spacial score (nSPS) is 15.6. The Labute approximate surface area is 190 Å². The molecule has 5 rings (SSSR count). The summed E-state index contributed by atoms with van der Waals surface area (Å²) in [6.07, 6.45) is 6.95. The summed E-state index contributed by atoms with van der Waals surface area (Å²) in [6, 6.07) is 7.86. The Morgan fingerprint density at radius 3 is 2.81 bits per heavy atom. The Bertz CT molecular complexity index is 1210. The van der Waals surface area contributed by atoms with Gasteiger partial charge < -0.3 is 14.8 Å². The van der Waals surface area contributed by atoms with Crippen LogP contribution < -0.4 is 10.1 Å². The maximum atomic E-state index is 6.44. The van der Waals surface area contributed by atoms with E-state index in [0.29, 0.717) is 13.2 Å². The fraction of sp³-hybridized carbons (Fsp3) is 0.348. The van der Waals surface area contributed by atoms with Crippen LogP contribution in [0.2, 0.25) is 0 Å². The van der Waals surface area contributed by atoms with Crippen LogP contribution in [0.1, 0.15) is 36.4 Å². The van der Waals surface area contributed by atoms with Gasteiger partial charge in [0, 0.05) is 41.1 Å². The second kappa shape index (κ2) is 9.13. The molecule has 0 amide bonds. The molecule has 1 N–H and O–H groups in total. The minimum absolute atomic E-state index is 0.0765. The van der Waals surface area contributed by atoms with Crippen molar-refractivity contribution in [1.29, 1.82) is 0 Å². The molecule has 1 saturated heterocycles. The third-order valence-electron chi connectivity index (χ3n) is 5.42. The maximum absolute atomic E-state index is 6.44. The Hall–Kier alpha value is -3.17. The molecule has 164 valence electrons. The van der Waals surface area contributed by atoms with Crippen LogP contribution in [-0.2, 0) is 4.74 Å². The van der Waals surface area contributed by atoms with Crippen LogP contribution in [-0.4, -0.2) is 44.5 Å². The zero-order valence-corrected chi connectivity index (χ0v) is 18.8. The number of hydrogen-bond donors (Lipinski definition) is 1. The molecule has 4 heterocycles. The predicted molar refractivity (Wildman–Crippen MR) is 124 cm³/mol. The third kappa shape index (κ3) is 4.39. The monoisotopic (exact) mass is 448 g/mol.